The lowest BCUT2D eigenvalue weighted by Crippen LogP contribution is -2.61. The van der Waals surface area contributed by atoms with Crippen LogP contribution >= 0.6 is 0 Å². The van der Waals surface area contributed by atoms with Crippen LogP contribution < -0.4 is 0 Å². The molecule has 2 bridgehead atoms. The fourth-order valence-corrected chi connectivity index (χ4v) is 10.2. The zero-order valence-corrected chi connectivity index (χ0v) is 23.9. The van der Waals surface area contributed by atoms with E-state index in [1.54, 1.807) is 0 Å². The van der Waals surface area contributed by atoms with Crippen LogP contribution in [0.5, 0.6) is 0 Å². The predicted octanol–water partition coefficient (Wildman–Crippen LogP) is 7.43. The van der Waals surface area contributed by atoms with Crippen LogP contribution in [0.3, 0.4) is 0 Å². The highest BCUT2D eigenvalue weighted by Crippen LogP contribution is 2.69. The summed E-state index contributed by atoms with van der Waals surface area (Å²) in [6.07, 6.45) is 13.7. The highest BCUT2D eigenvalue weighted by Gasteiger charge is 2.67. The lowest BCUT2D eigenvalue weighted by atomic mass is 9.58. The molecule has 3 aliphatic heterocycles. The maximum atomic E-state index is 14.0. The van der Waals surface area contributed by atoms with Gasteiger partial charge in [0.05, 0.1) is 49.5 Å². The lowest BCUT2D eigenvalue weighted by Gasteiger charge is -2.58. The van der Waals surface area contributed by atoms with Crippen molar-refractivity contribution < 1.29 is 14.1 Å². The number of benzene rings is 2. The van der Waals surface area contributed by atoms with Gasteiger partial charge in [-0.3, -0.25) is 0 Å². The summed E-state index contributed by atoms with van der Waals surface area (Å²) in [7, 11) is 1.92. The summed E-state index contributed by atoms with van der Waals surface area (Å²) in [5, 5.41) is 16.7. The van der Waals surface area contributed by atoms with Gasteiger partial charge < -0.3 is 19.3 Å². The van der Waals surface area contributed by atoms with Crippen LogP contribution in [-0.2, 0) is 9.47 Å². The lowest BCUT2D eigenvalue weighted by molar-refractivity contribution is -0.896. The van der Waals surface area contributed by atoms with Gasteiger partial charge in [-0.25, -0.2) is 0 Å². The van der Waals surface area contributed by atoms with Gasteiger partial charge in [0.2, 0.25) is 0 Å². The van der Waals surface area contributed by atoms with E-state index in [4.69, 9.17) is 9.47 Å². The first-order valence-corrected chi connectivity index (χ1v) is 15.4. The molecule has 3 heterocycles. The van der Waals surface area contributed by atoms with Crippen LogP contribution in [0.4, 0.5) is 0 Å². The average molecular weight is 526 g/mol. The van der Waals surface area contributed by atoms with Crippen molar-refractivity contribution in [2.24, 2.45) is 16.7 Å². The summed E-state index contributed by atoms with van der Waals surface area (Å²) >= 11 is 0. The first-order chi connectivity index (χ1) is 18.6. The second-order valence-corrected chi connectivity index (χ2v) is 14.8. The molecule has 7 atom stereocenters. The Labute approximate surface area is 233 Å². The van der Waals surface area contributed by atoms with Crippen LogP contribution in [-0.4, -0.2) is 48.7 Å². The van der Waals surface area contributed by atoms with Gasteiger partial charge in [-0.1, -0.05) is 61.5 Å². The van der Waals surface area contributed by atoms with Crippen LogP contribution in [0.2, 0.25) is 0 Å². The third kappa shape index (κ3) is 3.44. The van der Waals surface area contributed by atoms with E-state index in [-0.39, 0.29) is 32.7 Å². The smallest absolute Gasteiger partial charge is 0.0975 e. The minimum absolute atomic E-state index is 0.0251. The number of rotatable bonds is 4. The fourth-order valence-electron chi connectivity index (χ4n) is 10.2. The van der Waals surface area contributed by atoms with Crippen molar-refractivity contribution in [1.29, 1.82) is 0 Å². The van der Waals surface area contributed by atoms with E-state index in [2.05, 4.69) is 68.5 Å². The molecular weight excluding hydrogens is 482 g/mol. The largest absolute Gasteiger partial charge is 0.633 e. The number of hydrogen-bond donors (Lipinski definition) is 0. The summed E-state index contributed by atoms with van der Waals surface area (Å²) < 4.78 is 12.8. The normalized spacial score (nSPS) is 41.5. The summed E-state index contributed by atoms with van der Waals surface area (Å²) in [5.74, 6) is 1.08. The Hall–Kier alpha value is -1.98. The molecule has 0 amide bonds. The Morgan fingerprint density at radius 1 is 1.00 bits per heavy atom. The molecule has 2 saturated heterocycles. The van der Waals surface area contributed by atoms with Crippen molar-refractivity contribution in [3.05, 3.63) is 76.5 Å². The van der Waals surface area contributed by atoms with E-state index in [1.165, 1.54) is 40.3 Å². The van der Waals surface area contributed by atoms with Gasteiger partial charge in [0.15, 0.2) is 0 Å². The molecule has 4 nitrogen and oxygen atoms in total. The molecular formula is C35H43NO3. The van der Waals surface area contributed by atoms with E-state index in [0.717, 1.165) is 51.7 Å². The van der Waals surface area contributed by atoms with Gasteiger partial charge in [-0.2, -0.15) is 0 Å². The Balaban J connectivity index is 1.11. The molecule has 2 spiro atoms. The van der Waals surface area contributed by atoms with Crippen LogP contribution in [0, 0.1) is 22.0 Å². The Bertz CT molecular complexity index is 1400. The van der Waals surface area contributed by atoms with Crippen LogP contribution in [0.1, 0.15) is 76.7 Å². The number of hydroxylamine groups is 3. The van der Waals surface area contributed by atoms with Gasteiger partial charge in [-0.05, 0) is 90.2 Å². The number of nitrogens with zero attached hydrogens (tertiary/aromatic N) is 1. The standard InChI is InChI=1S/C35H43NO3/c1-32(22-38-23-32)21-36(3,37)29-11-10-27-19-28-14-15-33(2)30(26-9-8-24-6-4-5-7-25(24)18-26)12-13-31(33)35(28)17-16-34(27,20-29)39-35/h4-9,14,18-19,29-31H,10-13,15-17,20-23H2,1-3H3/t29-,30+,31+,33+,34+,35?,36?/m0/s1. The fraction of sp³-hybridized carbons (Fsp3) is 0.600. The molecule has 0 N–H and O–H groups in total. The topological polar surface area (TPSA) is 41.5 Å². The molecule has 2 aromatic rings. The van der Waals surface area contributed by atoms with Crippen LogP contribution in [0.15, 0.2) is 65.8 Å². The molecule has 4 heteroatoms. The number of hydrogen-bond acceptors (Lipinski definition) is 3. The molecule has 3 aliphatic carbocycles. The summed E-state index contributed by atoms with van der Waals surface area (Å²) in [6, 6.07) is 16.0. The van der Waals surface area contributed by atoms with Gasteiger partial charge in [0, 0.05) is 12.8 Å². The number of allylic oxidation sites excluding steroid dienone is 1. The van der Waals surface area contributed by atoms with E-state index >= 15 is 0 Å². The highest BCUT2D eigenvalue weighted by molar-refractivity contribution is 5.83. The van der Waals surface area contributed by atoms with Crippen molar-refractivity contribution in [3.63, 3.8) is 0 Å². The predicted molar refractivity (Wildman–Crippen MR) is 155 cm³/mol. The van der Waals surface area contributed by atoms with E-state index in [0.29, 0.717) is 18.4 Å². The quantitative estimate of drug-likeness (QED) is 0.308. The molecule has 6 aliphatic rings. The van der Waals surface area contributed by atoms with Crippen molar-refractivity contribution in [2.45, 2.75) is 88.4 Å². The summed E-state index contributed by atoms with van der Waals surface area (Å²) in [5.41, 5.74) is 4.24. The number of fused-ring (bicyclic) bond motifs is 2. The van der Waals surface area contributed by atoms with E-state index in [1.807, 2.05) is 7.05 Å². The average Bonchev–Trinajstić information content (AvgIpc) is 3.42. The highest BCUT2D eigenvalue weighted by atomic mass is 16.6. The molecule has 0 radical (unpaired) electrons. The third-order valence-electron chi connectivity index (χ3n) is 12.2. The first-order valence-electron chi connectivity index (χ1n) is 15.4. The molecule has 4 fully saturated rings. The monoisotopic (exact) mass is 525 g/mol. The molecule has 2 saturated carbocycles. The van der Waals surface area contributed by atoms with E-state index < -0.39 is 0 Å². The first kappa shape index (κ1) is 24.8. The SMILES string of the molecule is CC1(C[N+](C)([O-])[C@H]2CCC3=CC4=CC[C@]5(C)[C@@H](c6ccc7ccccc7c6)CC[C@H]5C45CC[C@]3(C2)O5)COC1. The number of quaternary nitrogens is 1. The zero-order valence-electron chi connectivity index (χ0n) is 23.9. The van der Waals surface area contributed by atoms with Crippen LogP contribution in [0.25, 0.3) is 10.8 Å². The Morgan fingerprint density at radius 2 is 1.82 bits per heavy atom. The third-order valence-corrected chi connectivity index (χ3v) is 12.2. The maximum absolute atomic E-state index is 14.0. The van der Waals surface area contributed by atoms with Crippen molar-refractivity contribution >= 4 is 10.8 Å². The maximum Gasteiger partial charge on any atom is 0.0975 e. The summed E-state index contributed by atoms with van der Waals surface area (Å²) in [6.45, 7) is 6.86. The molecule has 2 aromatic carbocycles. The minimum atomic E-state index is -0.236. The second kappa shape index (κ2) is 8.06. The number of ether oxygens (including phenoxy) is 2. The van der Waals surface area contributed by atoms with Crippen molar-refractivity contribution in [2.75, 3.05) is 26.8 Å². The van der Waals surface area contributed by atoms with Crippen molar-refractivity contribution in [3.8, 4) is 0 Å². The molecule has 0 aromatic heterocycles. The molecule has 206 valence electrons. The van der Waals surface area contributed by atoms with Gasteiger partial charge in [0.1, 0.15) is 0 Å². The minimum Gasteiger partial charge on any atom is -0.633 e. The van der Waals surface area contributed by atoms with Gasteiger partial charge in [0.25, 0.3) is 0 Å². The van der Waals surface area contributed by atoms with Gasteiger partial charge >= 0.3 is 0 Å². The summed E-state index contributed by atoms with van der Waals surface area (Å²) in [4.78, 5) is 0. The molecule has 39 heavy (non-hydrogen) atoms. The molecule has 2 unspecified atom stereocenters. The van der Waals surface area contributed by atoms with Gasteiger partial charge in [-0.15, -0.1) is 0 Å². The zero-order chi connectivity index (χ0) is 26.7. The second-order valence-electron chi connectivity index (χ2n) is 14.8. The van der Waals surface area contributed by atoms with Crippen molar-refractivity contribution in [1.82, 2.24) is 0 Å². The Morgan fingerprint density at radius 3 is 2.62 bits per heavy atom. The Kier molecular flexibility index (Phi) is 5.12. The van der Waals surface area contributed by atoms with E-state index in [9.17, 15) is 5.21 Å². The molecule has 8 rings (SSSR count).